The summed E-state index contributed by atoms with van der Waals surface area (Å²) in [6, 6.07) is 6.56. The molecule has 2 aromatic rings. The number of amides is 1. The Bertz CT molecular complexity index is 682. The highest BCUT2D eigenvalue weighted by Gasteiger charge is 2.08. The van der Waals surface area contributed by atoms with Crippen molar-refractivity contribution in [2.45, 2.75) is 59.4 Å². The zero-order valence-corrected chi connectivity index (χ0v) is 14.0. The van der Waals surface area contributed by atoms with Crippen LogP contribution in [0.15, 0.2) is 23.2 Å². The van der Waals surface area contributed by atoms with Crippen molar-refractivity contribution in [1.82, 2.24) is 4.57 Å². The van der Waals surface area contributed by atoms with Crippen LogP contribution < -0.4 is 4.80 Å². The second-order valence-electron chi connectivity index (χ2n) is 5.30. The van der Waals surface area contributed by atoms with Crippen LogP contribution in [0.2, 0.25) is 0 Å². The summed E-state index contributed by atoms with van der Waals surface area (Å²) in [5.74, 6) is 0.00368. The van der Waals surface area contributed by atoms with Crippen molar-refractivity contribution in [2.75, 3.05) is 0 Å². The molecule has 0 N–H and O–H groups in total. The van der Waals surface area contributed by atoms with E-state index in [1.165, 1.54) is 15.8 Å². The number of aryl methyl sites for hydroxylation is 2. The van der Waals surface area contributed by atoms with Gasteiger partial charge in [0.15, 0.2) is 4.80 Å². The number of fused-ring (bicyclic) bond motifs is 1. The molecule has 1 amide bonds. The van der Waals surface area contributed by atoms with Gasteiger partial charge in [0.1, 0.15) is 0 Å². The Morgan fingerprint density at radius 2 is 2.05 bits per heavy atom. The van der Waals surface area contributed by atoms with E-state index in [4.69, 9.17) is 0 Å². The van der Waals surface area contributed by atoms with E-state index in [9.17, 15) is 4.79 Å². The largest absolute Gasteiger partial charge is 0.316 e. The molecule has 0 fully saturated rings. The highest BCUT2D eigenvalue weighted by molar-refractivity contribution is 7.16. The van der Waals surface area contributed by atoms with Crippen LogP contribution in [-0.2, 0) is 17.8 Å². The summed E-state index contributed by atoms with van der Waals surface area (Å²) < 4.78 is 3.41. The van der Waals surface area contributed by atoms with Gasteiger partial charge in [-0.3, -0.25) is 4.79 Å². The molecule has 1 heterocycles. The van der Waals surface area contributed by atoms with E-state index >= 15 is 0 Å². The molecule has 0 aliphatic heterocycles. The first-order valence-corrected chi connectivity index (χ1v) is 8.71. The zero-order chi connectivity index (χ0) is 15.2. The minimum absolute atomic E-state index is 0.00368. The average molecular weight is 304 g/mol. The number of hydrogen-bond donors (Lipinski definition) is 0. The quantitative estimate of drug-likeness (QED) is 0.783. The van der Waals surface area contributed by atoms with Gasteiger partial charge in [-0.15, -0.1) is 0 Å². The van der Waals surface area contributed by atoms with Crippen molar-refractivity contribution < 1.29 is 4.79 Å². The lowest BCUT2D eigenvalue weighted by molar-refractivity contribution is -0.118. The monoisotopic (exact) mass is 304 g/mol. The molecule has 2 rings (SSSR count). The normalized spacial score (nSPS) is 12.2. The third-order valence-electron chi connectivity index (χ3n) is 3.57. The summed E-state index contributed by atoms with van der Waals surface area (Å²) in [7, 11) is 0. The Balaban J connectivity index is 2.48. The molecule has 1 aromatic carbocycles. The standard InChI is InChI=1S/C17H24N2OS/c1-4-7-8-16(20)18-17-19(11-5-2)14-10-9-13(6-3)12-15(14)21-17/h9-10,12H,4-8,11H2,1-3H3. The van der Waals surface area contributed by atoms with E-state index in [2.05, 4.69) is 48.5 Å². The summed E-state index contributed by atoms with van der Waals surface area (Å²) in [6.45, 7) is 7.32. The molecular formula is C17H24N2OS. The zero-order valence-electron chi connectivity index (χ0n) is 13.2. The molecule has 0 bridgehead atoms. The SMILES string of the molecule is CCCCC(=O)N=c1sc2cc(CC)ccc2n1CCC. The molecule has 0 atom stereocenters. The summed E-state index contributed by atoms with van der Waals surface area (Å²) in [5.41, 5.74) is 2.53. The van der Waals surface area contributed by atoms with Crippen LogP contribution in [0.4, 0.5) is 0 Å². The highest BCUT2D eigenvalue weighted by Crippen LogP contribution is 2.20. The van der Waals surface area contributed by atoms with Gasteiger partial charge in [0.05, 0.1) is 10.2 Å². The first kappa shape index (κ1) is 16.0. The number of hydrogen-bond acceptors (Lipinski definition) is 2. The van der Waals surface area contributed by atoms with Crippen molar-refractivity contribution in [3.05, 3.63) is 28.6 Å². The molecule has 0 aliphatic carbocycles. The predicted octanol–water partition coefficient (Wildman–Crippen LogP) is 4.29. The van der Waals surface area contributed by atoms with Crippen LogP contribution in [0.25, 0.3) is 10.2 Å². The fraction of sp³-hybridized carbons (Fsp3) is 0.529. The number of rotatable bonds is 6. The van der Waals surface area contributed by atoms with Gasteiger partial charge >= 0.3 is 0 Å². The third-order valence-corrected chi connectivity index (χ3v) is 4.61. The number of unbranched alkanes of at least 4 members (excludes halogenated alkanes) is 1. The van der Waals surface area contributed by atoms with Gasteiger partial charge in [0.2, 0.25) is 5.91 Å². The van der Waals surface area contributed by atoms with Gasteiger partial charge in [-0.05, 0) is 37.0 Å². The molecular weight excluding hydrogens is 280 g/mol. The van der Waals surface area contributed by atoms with Crippen LogP contribution in [0.5, 0.6) is 0 Å². The Kier molecular flexibility index (Phi) is 5.74. The lowest BCUT2D eigenvalue weighted by Gasteiger charge is -2.03. The van der Waals surface area contributed by atoms with Crippen LogP contribution in [0.3, 0.4) is 0 Å². The first-order valence-electron chi connectivity index (χ1n) is 7.89. The van der Waals surface area contributed by atoms with Gasteiger partial charge in [0.25, 0.3) is 0 Å². The molecule has 0 aliphatic rings. The van der Waals surface area contributed by atoms with E-state index in [0.29, 0.717) is 6.42 Å². The average Bonchev–Trinajstić information content (AvgIpc) is 2.82. The van der Waals surface area contributed by atoms with Gasteiger partial charge < -0.3 is 4.57 Å². The highest BCUT2D eigenvalue weighted by atomic mass is 32.1. The van der Waals surface area contributed by atoms with Crippen LogP contribution >= 0.6 is 11.3 Å². The maximum Gasteiger partial charge on any atom is 0.248 e. The molecule has 0 saturated heterocycles. The van der Waals surface area contributed by atoms with Crippen LogP contribution in [-0.4, -0.2) is 10.5 Å². The number of thiazole rings is 1. The third kappa shape index (κ3) is 3.82. The fourth-order valence-electron chi connectivity index (χ4n) is 2.35. The number of carbonyl (C=O) groups excluding carboxylic acids is 1. The van der Waals surface area contributed by atoms with E-state index in [1.54, 1.807) is 11.3 Å². The van der Waals surface area contributed by atoms with Crippen molar-refractivity contribution in [3.8, 4) is 0 Å². The van der Waals surface area contributed by atoms with Crippen LogP contribution in [0.1, 0.15) is 52.0 Å². The maximum absolute atomic E-state index is 12.0. The second kappa shape index (κ2) is 7.55. The van der Waals surface area contributed by atoms with E-state index < -0.39 is 0 Å². The molecule has 114 valence electrons. The number of benzene rings is 1. The van der Waals surface area contributed by atoms with Gasteiger partial charge in [0, 0.05) is 13.0 Å². The Morgan fingerprint density at radius 3 is 2.71 bits per heavy atom. The van der Waals surface area contributed by atoms with Crippen LogP contribution in [0, 0.1) is 0 Å². The Morgan fingerprint density at radius 1 is 1.24 bits per heavy atom. The molecule has 3 nitrogen and oxygen atoms in total. The van der Waals surface area contributed by atoms with E-state index in [-0.39, 0.29) is 5.91 Å². The fourth-order valence-corrected chi connectivity index (χ4v) is 3.49. The number of carbonyl (C=O) groups is 1. The van der Waals surface area contributed by atoms with Crippen molar-refractivity contribution in [1.29, 1.82) is 0 Å². The summed E-state index contributed by atoms with van der Waals surface area (Å²) in [4.78, 5) is 17.2. The minimum atomic E-state index is 0.00368. The Labute approximate surface area is 130 Å². The molecule has 21 heavy (non-hydrogen) atoms. The molecule has 4 heteroatoms. The summed E-state index contributed by atoms with van der Waals surface area (Å²) in [5, 5.41) is 0. The number of aromatic nitrogens is 1. The maximum atomic E-state index is 12.0. The molecule has 0 spiro atoms. The van der Waals surface area contributed by atoms with Crippen molar-refractivity contribution >= 4 is 27.5 Å². The van der Waals surface area contributed by atoms with E-state index in [0.717, 1.165) is 37.0 Å². The lowest BCUT2D eigenvalue weighted by atomic mass is 10.2. The van der Waals surface area contributed by atoms with Gasteiger partial charge in [-0.2, -0.15) is 4.99 Å². The molecule has 0 unspecified atom stereocenters. The van der Waals surface area contributed by atoms with Gasteiger partial charge in [-0.25, -0.2) is 0 Å². The smallest absolute Gasteiger partial charge is 0.248 e. The molecule has 0 radical (unpaired) electrons. The molecule has 0 saturated carbocycles. The summed E-state index contributed by atoms with van der Waals surface area (Å²) >= 11 is 1.63. The van der Waals surface area contributed by atoms with Crippen molar-refractivity contribution in [3.63, 3.8) is 0 Å². The summed E-state index contributed by atoms with van der Waals surface area (Å²) in [6.07, 6.45) is 4.57. The Hall–Kier alpha value is -1.42. The topological polar surface area (TPSA) is 34.4 Å². The van der Waals surface area contributed by atoms with E-state index in [1.807, 2.05) is 0 Å². The van der Waals surface area contributed by atoms with Gasteiger partial charge in [-0.1, -0.05) is 44.6 Å². The molecule has 1 aromatic heterocycles. The van der Waals surface area contributed by atoms with Crippen molar-refractivity contribution in [2.24, 2.45) is 4.99 Å². The predicted molar refractivity (Wildman–Crippen MR) is 89.6 cm³/mol. The number of nitrogens with zero attached hydrogens (tertiary/aromatic N) is 2. The second-order valence-corrected chi connectivity index (χ2v) is 6.31. The lowest BCUT2D eigenvalue weighted by Crippen LogP contribution is -2.16. The minimum Gasteiger partial charge on any atom is -0.316 e. The first-order chi connectivity index (χ1) is 10.2.